The zero-order chi connectivity index (χ0) is 16.5. The molecule has 1 fully saturated rings. The lowest BCUT2D eigenvalue weighted by Gasteiger charge is -2.26. The van der Waals surface area contributed by atoms with E-state index in [1.165, 1.54) is 11.1 Å². The van der Waals surface area contributed by atoms with Gasteiger partial charge in [0.05, 0.1) is 24.2 Å². The van der Waals surface area contributed by atoms with E-state index in [4.69, 9.17) is 4.74 Å². The Labute approximate surface area is 141 Å². The van der Waals surface area contributed by atoms with E-state index in [1.54, 1.807) is 0 Å². The lowest BCUT2D eigenvalue weighted by Crippen LogP contribution is -2.37. The summed E-state index contributed by atoms with van der Waals surface area (Å²) < 4.78 is 6.35. The number of imidazole rings is 1. The number of benzene rings is 1. The summed E-state index contributed by atoms with van der Waals surface area (Å²) in [5.74, 6) is 0.917. The number of aliphatic hydroxyl groups excluding tert-OH is 1. The molecule has 1 aromatic heterocycles. The topological polar surface area (TPSA) is 73.6 Å². The van der Waals surface area contributed by atoms with Crippen LogP contribution >= 0.6 is 0 Å². The van der Waals surface area contributed by atoms with Gasteiger partial charge in [0.2, 0.25) is 0 Å². The molecular formula is C18H24N3O3-. The minimum atomic E-state index is 0.205. The predicted octanol–water partition coefficient (Wildman–Crippen LogP) is 1.35. The number of hydrogen-bond acceptors (Lipinski definition) is 5. The fraction of sp³-hybridized carbons (Fsp3) is 0.611. The molecule has 2 aromatic rings. The number of aryl methyl sites for hydroxylation is 1. The number of ether oxygens (including phenoxy) is 1. The average molecular weight is 330 g/mol. The minimum absolute atomic E-state index is 0.205. The highest BCUT2D eigenvalue weighted by Crippen LogP contribution is 2.30. The molecule has 1 aliphatic heterocycles. The summed E-state index contributed by atoms with van der Waals surface area (Å²) in [5, 5.41) is 21.9. The lowest BCUT2D eigenvalue weighted by molar-refractivity contribution is 0.0374. The summed E-state index contributed by atoms with van der Waals surface area (Å²) >= 11 is 0. The van der Waals surface area contributed by atoms with Crippen LogP contribution in [0.5, 0.6) is 0 Å². The normalized spacial score (nSPS) is 21.5. The number of rotatable bonds is 5. The summed E-state index contributed by atoms with van der Waals surface area (Å²) in [6.07, 6.45) is 3.40. The van der Waals surface area contributed by atoms with Crippen molar-refractivity contribution in [2.75, 3.05) is 39.5 Å². The first-order chi connectivity index (χ1) is 11.7. The van der Waals surface area contributed by atoms with E-state index in [0.717, 1.165) is 62.4 Å². The molecule has 1 unspecified atom stereocenters. The van der Waals surface area contributed by atoms with Crippen molar-refractivity contribution < 1.29 is 9.84 Å². The van der Waals surface area contributed by atoms with Crippen LogP contribution in [-0.2, 0) is 24.0 Å². The van der Waals surface area contributed by atoms with Crippen LogP contribution in [0.1, 0.15) is 23.4 Å². The maximum atomic E-state index is 12.5. The first-order valence-electron chi connectivity index (χ1n) is 8.86. The van der Waals surface area contributed by atoms with E-state index >= 15 is 0 Å². The standard InChI is InChI=1S/C18H24N3O3/c22-12-13-8-14-10-16-17(11-15(14)9-13)21(23)18(19-16)2-1-3-20-4-6-24-7-5-20/h10-11,13,22H,1-9,12H2/q-1. The van der Waals surface area contributed by atoms with E-state index < -0.39 is 0 Å². The predicted molar refractivity (Wildman–Crippen MR) is 92.1 cm³/mol. The Morgan fingerprint density at radius 1 is 1.21 bits per heavy atom. The third-order valence-corrected chi connectivity index (χ3v) is 5.25. The van der Waals surface area contributed by atoms with Gasteiger partial charge in [-0.05, 0) is 55.0 Å². The van der Waals surface area contributed by atoms with Crippen molar-refractivity contribution in [2.45, 2.75) is 25.7 Å². The van der Waals surface area contributed by atoms with E-state index in [-0.39, 0.29) is 6.61 Å². The van der Waals surface area contributed by atoms with Crippen LogP contribution in [0.3, 0.4) is 0 Å². The molecule has 130 valence electrons. The summed E-state index contributed by atoms with van der Waals surface area (Å²) in [5.41, 5.74) is 3.90. The first-order valence-corrected chi connectivity index (χ1v) is 8.86. The molecule has 6 nitrogen and oxygen atoms in total. The first kappa shape index (κ1) is 15.9. The van der Waals surface area contributed by atoms with E-state index in [1.807, 2.05) is 12.1 Å². The van der Waals surface area contributed by atoms with Gasteiger partial charge in [0.15, 0.2) is 0 Å². The molecule has 1 saturated heterocycles. The number of hydrogen-bond donors (Lipinski definition) is 1. The van der Waals surface area contributed by atoms with Gasteiger partial charge >= 0.3 is 0 Å². The molecule has 4 rings (SSSR count). The molecule has 1 N–H and O–H groups in total. The quantitative estimate of drug-likeness (QED) is 0.896. The highest BCUT2D eigenvalue weighted by molar-refractivity contribution is 5.79. The Bertz CT molecular complexity index is 722. The number of nitrogens with zero attached hydrogens (tertiary/aromatic N) is 3. The average Bonchev–Trinajstić information content (AvgIpc) is 3.15. The molecule has 24 heavy (non-hydrogen) atoms. The second kappa shape index (κ2) is 6.70. The highest BCUT2D eigenvalue weighted by atomic mass is 16.5. The summed E-state index contributed by atoms with van der Waals surface area (Å²) in [4.78, 5) is 6.95. The Kier molecular flexibility index (Phi) is 4.43. The van der Waals surface area contributed by atoms with Gasteiger partial charge in [-0.3, -0.25) is 4.90 Å². The fourth-order valence-corrected chi connectivity index (χ4v) is 3.89. The molecule has 1 aromatic carbocycles. The van der Waals surface area contributed by atoms with Crippen molar-refractivity contribution in [1.82, 2.24) is 14.6 Å². The summed E-state index contributed by atoms with van der Waals surface area (Å²) in [7, 11) is 0. The van der Waals surface area contributed by atoms with Gasteiger partial charge in [-0.25, -0.2) is 4.98 Å². The van der Waals surface area contributed by atoms with Crippen LogP contribution in [-0.4, -0.2) is 59.2 Å². The van der Waals surface area contributed by atoms with Crippen molar-refractivity contribution in [3.05, 3.63) is 34.3 Å². The van der Waals surface area contributed by atoms with Crippen LogP contribution < -0.4 is 0 Å². The molecule has 0 radical (unpaired) electrons. The van der Waals surface area contributed by atoms with Crippen molar-refractivity contribution >= 4 is 11.0 Å². The molecule has 0 saturated carbocycles. The second-order valence-corrected chi connectivity index (χ2v) is 6.95. The third kappa shape index (κ3) is 3.01. The molecule has 6 heteroatoms. The highest BCUT2D eigenvalue weighted by Gasteiger charge is 2.22. The van der Waals surface area contributed by atoms with Crippen LogP contribution in [0, 0.1) is 11.1 Å². The molecular weight excluding hydrogens is 306 g/mol. The maximum Gasteiger partial charge on any atom is 0.105 e. The molecule has 1 aliphatic carbocycles. The molecule has 1 atom stereocenters. The zero-order valence-electron chi connectivity index (χ0n) is 13.9. The number of aromatic nitrogens is 2. The van der Waals surface area contributed by atoms with Crippen LogP contribution in [0.25, 0.3) is 11.0 Å². The monoisotopic (exact) mass is 330 g/mol. The number of aliphatic hydroxyl groups is 1. The van der Waals surface area contributed by atoms with Gasteiger partial charge in [0, 0.05) is 26.1 Å². The van der Waals surface area contributed by atoms with Crippen LogP contribution in [0.2, 0.25) is 0 Å². The van der Waals surface area contributed by atoms with Crippen molar-refractivity contribution in [3.8, 4) is 0 Å². The van der Waals surface area contributed by atoms with Gasteiger partial charge in [-0.15, -0.1) is 0 Å². The fourth-order valence-electron chi connectivity index (χ4n) is 3.89. The van der Waals surface area contributed by atoms with Crippen LogP contribution in [0.4, 0.5) is 0 Å². The van der Waals surface area contributed by atoms with Crippen LogP contribution in [0.15, 0.2) is 12.1 Å². The van der Waals surface area contributed by atoms with E-state index in [2.05, 4.69) is 9.88 Å². The van der Waals surface area contributed by atoms with Crippen molar-refractivity contribution in [1.29, 1.82) is 0 Å². The largest absolute Gasteiger partial charge is 0.804 e. The maximum absolute atomic E-state index is 12.5. The molecule has 2 aliphatic rings. The van der Waals surface area contributed by atoms with E-state index in [0.29, 0.717) is 23.7 Å². The van der Waals surface area contributed by atoms with Gasteiger partial charge in [0.25, 0.3) is 0 Å². The lowest BCUT2D eigenvalue weighted by atomic mass is 10.1. The van der Waals surface area contributed by atoms with E-state index in [9.17, 15) is 10.3 Å². The van der Waals surface area contributed by atoms with Gasteiger partial charge in [-0.2, -0.15) is 0 Å². The second-order valence-electron chi connectivity index (χ2n) is 6.95. The van der Waals surface area contributed by atoms with Gasteiger partial charge in [0.1, 0.15) is 5.82 Å². The molecule has 0 bridgehead atoms. The van der Waals surface area contributed by atoms with Gasteiger partial charge < -0.3 is 19.8 Å². The Morgan fingerprint density at radius 2 is 1.96 bits per heavy atom. The third-order valence-electron chi connectivity index (χ3n) is 5.25. The molecule has 0 spiro atoms. The zero-order valence-corrected chi connectivity index (χ0v) is 13.9. The molecule has 0 amide bonds. The number of morpholine rings is 1. The Balaban J connectivity index is 1.46. The van der Waals surface area contributed by atoms with Crippen molar-refractivity contribution in [3.63, 3.8) is 0 Å². The summed E-state index contributed by atoms with van der Waals surface area (Å²) in [6, 6.07) is 4.02. The minimum Gasteiger partial charge on any atom is -0.804 e. The molecule has 2 heterocycles. The Hall–Kier alpha value is -1.63. The van der Waals surface area contributed by atoms with Crippen molar-refractivity contribution in [2.24, 2.45) is 5.92 Å². The SMILES string of the molecule is [O-]n1c(CCCN2CCOCC2)nc2cc3c(cc21)CC(CO)C3. The number of fused-ring (bicyclic) bond motifs is 2. The smallest absolute Gasteiger partial charge is 0.105 e. The Morgan fingerprint density at radius 3 is 2.71 bits per heavy atom. The van der Waals surface area contributed by atoms with Gasteiger partial charge in [-0.1, -0.05) is 0 Å². The summed E-state index contributed by atoms with van der Waals surface area (Å²) in [6.45, 7) is 4.76.